The Hall–Kier alpha value is -3.67. The average molecular weight is 433 g/mol. The maximum Gasteiger partial charge on any atom is 0.296 e. The van der Waals surface area contributed by atoms with Crippen LogP contribution in [0.15, 0.2) is 41.3 Å². The number of rotatable bonds is 4. The summed E-state index contributed by atoms with van der Waals surface area (Å²) in [5.41, 5.74) is -0.686. The number of benzene rings is 2. The van der Waals surface area contributed by atoms with Crippen molar-refractivity contribution in [2.75, 3.05) is 25.1 Å². The van der Waals surface area contributed by atoms with Gasteiger partial charge in [0.05, 0.1) is 29.8 Å². The number of nitrogens with one attached hydrogen (secondary N) is 1. The maximum atomic E-state index is 12.6. The fourth-order valence-electron chi connectivity index (χ4n) is 3.16. The van der Waals surface area contributed by atoms with Gasteiger partial charge in [0.25, 0.3) is 21.6 Å². The van der Waals surface area contributed by atoms with Gasteiger partial charge in [0.1, 0.15) is 17.1 Å². The molecule has 156 valence electrons. The van der Waals surface area contributed by atoms with Gasteiger partial charge in [-0.05, 0) is 12.1 Å². The normalized spacial score (nSPS) is 16.5. The summed E-state index contributed by atoms with van der Waals surface area (Å²) in [6, 6.07) is 7.97. The molecule has 2 aliphatic rings. The molecule has 12 heteroatoms. The zero-order valence-corrected chi connectivity index (χ0v) is 16.2. The van der Waals surface area contributed by atoms with Crippen molar-refractivity contribution in [1.29, 1.82) is 0 Å². The number of amides is 2. The quantitative estimate of drug-likeness (QED) is 0.564. The molecule has 2 heterocycles. The first kappa shape index (κ1) is 19.6. The molecule has 11 nitrogen and oxygen atoms in total. The van der Waals surface area contributed by atoms with E-state index < -0.39 is 39.0 Å². The van der Waals surface area contributed by atoms with Crippen LogP contribution in [0.4, 0.5) is 11.4 Å². The number of ether oxygens (including phenoxy) is 2. The van der Waals surface area contributed by atoms with Gasteiger partial charge in [-0.2, -0.15) is 0 Å². The van der Waals surface area contributed by atoms with Crippen molar-refractivity contribution < 1.29 is 32.4 Å². The van der Waals surface area contributed by atoms with Gasteiger partial charge in [0, 0.05) is 12.5 Å². The number of nitro benzene ring substituents is 1. The van der Waals surface area contributed by atoms with Crippen molar-refractivity contribution in [3.05, 3.63) is 52.1 Å². The molecule has 0 unspecified atom stereocenters. The second-order valence-corrected chi connectivity index (χ2v) is 8.32. The number of sulfonamides is 1. The number of hydrogen-bond acceptors (Lipinski definition) is 8. The number of fused-ring (bicyclic) bond motifs is 2. The van der Waals surface area contributed by atoms with Crippen LogP contribution in [-0.2, 0) is 14.8 Å². The van der Waals surface area contributed by atoms with Crippen molar-refractivity contribution in [3.8, 4) is 11.5 Å². The Bertz CT molecular complexity index is 1180. The molecule has 0 saturated carbocycles. The van der Waals surface area contributed by atoms with Gasteiger partial charge in [-0.1, -0.05) is 12.1 Å². The van der Waals surface area contributed by atoms with Crippen molar-refractivity contribution in [1.82, 2.24) is 4.31 Å². The van der Waals surface area contributed by atoms with E-state index in [4.69, 9.17) is 9.47 Å². The van der Waals surface area contributed by atoms with E-state index in [1.54, 1.807) is 0 Å². The Morgan fingerprint density at radius 3 is 2.50 bits per heavy atom. The standard InChI is InChI=1S/C18H15N3O8S/c22-17(10-20-18(23)11-4-1-2-5-16(11)30(20,26)27)19-12-8-14-15(9-13(12)21(24)25)29-7-3-6-28-14/h1-2,4-5,8-9H,3,6-7,10H2,(H,19,22). The molecule has 0 atom stereocenters. The third-order valence-electron chi connectivity index (χ3n) is 4.54. The van der Waals surface area contributed by atoms with Crippen LogP contribution in [0.1, 0.15) is 16.8 Å². The smallest absolute Gasteiger partial charge is 0.296 e. The summed E-state index contributed by atoms with van der Waals surface area (Å²) in [6.45, 7) is -0.177. The number of nitro groups is 1. The minimum Gasteiger partial charge on any atom is -0.489 e. The van der Waals surface area contributed by atoms with E-state index in [2.05, 4.69) is 5.32 Å². The monoisotopic (exact) mass is 433 g/mol. The largest absolute Gasteiger partial charge is 0.489 e. The lowest BCUT2D eigenvalue weighted by Crippen LogP contribution is -2.37. The summed E-state index contributed by atoms with van der Waals surface area (Å²) in [7, 11) is -4.18. The first-order valence-electron chi connectivity index (χ1n) is 8.83. The van der Waals surface area contributed by atoms with Gasteiger partial charge in [-0.3, -0.25) is 19.7 Å². The molecule has 0 bridgehead atoms. The number of carbonyl (C=O) groups is 2. The van der Waals surface area contributed by atoms with Gasteiger partial charge in [-0.15, -0.1) is 0 Å². The SMILES string of the molecule is O=C(CN1C(=O)c2ccccc2S1(=O)=O)Nc1cc2c(cc1[N+](=O)[O-])OCCCO2. The van der Waals surface area contributed by atoms with Crippen molar-refractivity contribution >= 4 is 33.2 Å². The average Bonchev–Trinajstić information content (AvgIpc) is 2.87. The van der Waals surface area contributed by atoms with E-state index in [1.807, 2.05) is 0 Å². The Morgan fingerprint density at radius 2 is 1.83 bits per heavy atom. The molecule has 1 N–H and O–H groups in total. The molecule has 0 fully saturated rings. The third kappa shape index (κ3) is 3.30. The molecule has 30 heavy (non-hydrogen) atoms. The predicted octanol–water partition coefficient (Wildman–Crippen LogP) is 1.54. The summed E-state index contributed by atoms with van der Waals surface area (Å²) in [5.74, 6) is -1.37. The molecule has 4 rings (SSSR count). The van der Waals surface area contributed by atoms with Crippen LogP contribution in [0.5, 0.6) is 11.5 Å². The van der Waals surface area contributed by atoms with Gasteiger partial charge in [0.2, 0.25) is 5.91 Å². The maximum absolute atomic E-state index is 12.6. The Balaban J connectivity index is 1.60. The molecule has 2 aromatic carbocycles. The van der Waals surface area contributed by atoms with Crippen LogP contribution in [0, 0.1) is 10.1 Å². The van der Waals surface area contributed by atoms with E-state index in [0.717, 1.165) is 6.07 Å². The molecule has 0 spiro atoms. The highest BCUT2D eigenvalue weighted by Crippen LogP contribution is 2.39. The number of hydrogen-bond donors (Lipinski definition) is 1. The van der Waals surface area contributed by atoms with Crippen LogP contribution < -0.4 is 14.8 Å². The lowest BCUT2D eigenvalue weighted by molar-refractivity contribution is -0.384. The second-order valence-electron chi connectivity index (χ2n) is 6.48. The van der Waals surface area contributed by atoms with E-state index in [1.165, 1.54) is 30.3 Å². The number of carbonyl (C=O) groups excluding carboxylic acids is 2. The number of anilines is 1. The minimum absolute atomic E-state index is 0.0353. The van der Waals surface area contributed by atoms with Gasteiger partial charge in [0.15, 0.2) is 11.5 Å². The molecule has 0 saturated heterocycles. The molecule has 2 aromatic rings. The molecule has 0 radical (unpaired) electrons. The highest BCUT2D eigenvalue weighted by atomic mass is 32.2. The molecular weight excluding hydrogens is 418 g/mol. The topological polar surface area (TPSA) is 145 Å². The van der Waals surface area contributed by atoms with E-state index in [9.17, 15) is 28.1 Å². The lowest BCUT2D eigenvalue weighted by atomic mass is 10.2. The zero-order valence-electron chi connectivity index (χ0n) is 15.4. The Labute approximate surface area is 170 Å². The molecular formula is C18H15N3O8S. The highest BCUT2D eigenvalue weighted by molar-refractivity contribution is 7.90. The van der Waals surface area contributed by atoms with Crippen molar-refractivity contribution in [3.63, 3.8) is 0 Å². The van der Waals surface area contributed by atoms with Gasteiger partial charge < -0.3 is 14.8 Å². The first-order valence-corrected chi connectivity index (χ1v) is 10.3. The van der Waals surface area contributed by atoms with Crippen LogP contribution >= 0.6 is 0 Å². The van der Waals surface area contributed by atoms with Gasteiger partial charge >= 0.3 is 0 Å². The summed E-state index contributed by atoms with van der Waals surface area (Å²) < 4.78 is 36.4. The predicted molar refractivity (Wildman–Crippen MR) is 102 cm³/mol. The molecule has 0 aliphatic carbocycles. The summed E-state index contributed by atoms with van der Waals surface area (Å²) in [6.07, 6.45) is 0.583. The first-order chi connectivity index (χ1) is 14.3. The fourth-order valence-corrected chi connectivity index (χ4v) is 4.68. The van der Waals surface area contributed by atoms with Crippen molar-refractivity contribution in [2.45, 2.75) is 11.3 Å². The fraction of sp³-hybridized carbons (Fsp3) is 0.222. The van der Waals surface area contributed by atoms with E-state index in [-0.39, 0.29) is 27.6 Å². The van der Waals surface area contributed by atoms with Gasteiger partial charge in [-0.25, -0.2) is 12.7 Å². The van der Waals surface area contributed by atoms with Crippen LogP contribution in [0.25, 0.3) is 0 Å². The highest BCUT2D eigenvalue weighted by Gasteiger charge is 2.42. The molecule has 2 amide bonds. The Kier molecular flexibility index (Phi) is 4.78. The minimum atomic E-state index is -4.18. The van der Waals surface area contributed by atoms with E-state index >= 15 is 0 Å². The molecule has 0 aromatic heterocycles. The zero-order chi connectivity index (χ0) is 21.5. The number of nitrogens with zero attached hydrogens (tertiary/aromatic N) is 2. The lowest BCUT2D eigenvalue weighted by Gasteiger charge is -2.15. The molecule has 2 aliphatic heterocycles. The van der Waals surface area contributed by atoms with Crippen LogP contribution in [0.3, 0.4) is 0 Å². The third-order valence-corrected chi connectivity index (χ3v) is 6.32. The van der Waals surface area contributed by atoms with Crippen molar-refractivity contribution in [2.24, 2.45) is 0 Å². The van der Waals surface area contributed by atoms with Crippen LogP contribution in [-0.4, -0.2) is 49.2 Å². The van der Waals surface area contributed by atoms with E-state index in [0.29, 0.717) is 23.9 Å². The summed E-state index contributed by atoms with van der Waals surface area (Å²) in [5, 5.41) is 13.7. The second kappa shape index (κ2) is 7.30. The van der Waals surface area contributed by atoms with Crippen LogP contribution in [0.2, 0.25) is 0 Å². The summed E-state index contributed by atoms with van der Waals surface area (Å²) >= 11 is 0. The summed E-state index contributed by atoms with van der Waals surface area (Å²) in [4.78, 5) is 35.4. The Morgan fingerprint density at radius 1 is 1.17 bits per heavy atom.